The normalized spacial score (nSPS) is 24.0. The van der Waals surface area contributed by atoms with Crippen molar-refractivity contribution in [1.29, 1.82) is 0 Å². The Bertz CT molecular complexity index is 860. The number of fused-ring (bicyclic) bond motifs is 3. The number of hydrogen-bond acceptors (Lipinski definition) is 4. The van der Waals surface area contributed by atoms with Crippen LogP contribution in [0.4, 0.5) is 0 Å². The maximum atomic E-state index is 13.0. The van der Waals surface area contributed by atoms with Crippen molar-refractivity contribution in [2.24, 2.45) is 0 Å². The van der Waals surface area contributed by atoms with E-state index in [1.54, 1.807) is 18.3 Å². The molecule has 2 aromatic rings. The molecule has 0 saturated carbocycles. The summed E-state index contributed by atoms with van der Waals surface area (Å²) >= 11 is 0. The van der Waals surface area contributed by atoms with Gasteiger partial charge in [-0.1, -0.05) is 6.07 Å². The Morgan fingerprint density at radius 1 is 1.20 bits per heavy atom. The monoisotopic (exact) mass is 340 g/mol. The predicted octanol–water partition coefficient (Wildman–Crippen LogP) is 1.78. The first-order chi connectivity index (χ1) is 12.1. The standard InChI is InChI=1S/C19H24N4O2/c1-13(2)23-14-6-7-15(23)12-21(10-8-14)18(24)16-11-20-17-5-3-4-9-22(17)19(16)25/h3-5,9,11,13-15H,6-8,10,12H2,1-2H3/t14-,15-/m0/s1. The van der Waals surface area contributed by atoms with Crippen LogP contribution in [0.1, 0.15) is 43.5 Å². The average molecular weight is 340 g/mol. The number of aromatic nitrogens is 2. The van der Waals surface area contributed by atoms with E-state index in [1.807, 2.05) is 11.0 Å². The number of rotatable bonds is 2. The molecule has 25 heavy (non-hydrogen) atoms. The molecule has 2 bridgehead atoms. The maximum absolute atomic E-state index is 13.0. The molecule has 2 atom stereocenters. The Labute approximate surface area is 147 Å². The summed E-state index contributed by atoms with van der Waals surface area (Å²) in [6, 6.07) is 6.80. The number of pyridine rings is 1. The lowest BCUT2D eigenvalue weighted by Gasteiger charge is -2.32. The van der Waals surface area contributed by atoms with Crippen molar-refractivity contribution in [1.82, 2.24) is 19.2 Å². The van der Waals surface area contributed by atoms with Crippen LogP contribution in [0, 0.1) is 0 Å². The summed E-state index contributed by atoms with van der Waals surface area (Å²) in [5.74, 6) is -0.188. The van der Waals surface area contributed by atoms with Crippen LogP contribution in [0.5, 0.6) is 0 Å². The molecule has 2 aliphatic rings. The SMILES string of the molecule is CC(C)N1[C@H]2CC[C@H]1CN(C(=O)c1cnc3ccccn3c1=O)CC2. The van der Waals surface area contributed by atoms with Gasteiger partial charge in [0.25, 0.3) is 11.5 Å². The first-order valence-corrected chi connectivity index (χ1v) is 9.09. The molecule has 0 aliphatic carbocycles. The molecule has 6 nitrogen and oxygen atoms in total. The molecule has 2 aromatic heterocycles. The van der Waals surface area contributed by atoms with Crippen LogP contribution in [0.25, 0.3) is 5.65 Å². The fourth-order valence-electron chi connectivity index (χ4n) is 4.48. The third-order valence-corrected chi connectivity index (χ3v) is 5.57. The molecule has 2 aliphatic heterocycles. The largest absolute Gasteiger partial charge is 0.337 e. The first-order valence-electron chi connectivity index (χ1n) is 9.09. The zero-order valence-electron chi connectivity index (χ0n) is 14.8. The Kier molecular flexibility index (Phi) is 4.07. The quantitative estimate of drug-likeness (QED) is 0.836. The molecule has 6 heteroatoms. The van der Waals surface area contributed by atoms with Gasteiger partial charge in [0.15, 0.2) is 0 Å². The number of carbonyl (C=O) groups is 1. The Morgan fingerprint density at radius 3 is 2.80 bits per heavy atom. The van der Waals surface area contributed by atoms with E-state index in [0.29, 0.717) is 36.9 Å². The van der Waals surface area contributed by atoms with Crippen LogP contribution in [0.3, 0.4) is 0 Å². The van der Waals surface area contributed by atoms with Crippen molar-refractivity contribution >= 4 is 11.6 Å². The number of amides is 1. The summed E-state index contributed by atoms with van der Waals surface area (Å²) in [6.45, 7) is 5.86. The number of hydrogen-bond donors (Lipinski definition) is 0. The number of likely N-dealkylation sites (tertiary alicyclic amines) is 1. The van der Waals surface area contributed by atoms with E-state index < -0.39 is 0 Å². The molecule has 0 aromatic carbocycles. The van der Waals surface area contributed by atoms with Crippen LogP contribution in [-0.4, -0.2) is 56.3 Å². The van der Waals surface area contributed by atoms with E-state index in [1.165, 1.54) is 17.0 Å². The summed E-state index contributed by atoms with van der Waals surface area (Å²) in [5, 5.41) is 0. The number of carbonyl (C=O) groups excluding carboxylic acids is 1. The molecular weight excluding hydrogens is 316 g/mol. The molecule has 0 N–H and O–H groups in total. The molecule has 4 heterocycles. The molecule has 0 spiro atoms. The lowest BCUT2D eigenvalue weighted by atomic mass is 10.1. The highest BCUT2D eigenvalue weighted by molar-refractivity contribution is 5.93. The van der Waals surface area contributed by atoms with Crippen LogP contribution in [0.15, 0.2) is 35.4 Å². The van der Waals surface area contributed by atoms with E-state index in [4.69, 9.17) is 0 Å². The van der Waals surface area contributed by atoms with Crippen LogP contribution < -0.4 is 5.56 Å². The summed E-state index contributed by atoms with van der Waals surface area (Å²) < 4.78 is 1.44. The maximum Gasteiger partial charge on any atom is 0.270 e. The van der Waals surface area contributed by atoms with Gasteiger partial charge in [-0.3, -0.25) is 18.9 Å². The van der Waals surface area contributed by atoms with Crippen LogP contribution >= 0.6 is 0 Å². The Morgan fingerprint density at radius 2 is 2.00 bits per heavy atom. The van der Waals surface area contributed by atoms with E-state index in [-0.39, 0.29) is 17.0 Å². The van der Waals surface area contributed by atoms with Crippen molar-refractivity contribution in [3.63, 3.8) is 0 Å². The molecule has 132 valence electrons. The van der Waals surface area contributed by atoms with Gasteiger partial charge in [0, 0.05) is 43.6 Å². The second-order valence-corrected chi connectivity index (χ2v) is 7.37. The van der Waals surface area contributed by atoms with Gasteiger partial charge in [-0.15, -0.1) is 0 Å². The van der Waals surface area contributed by atoms with Crippen molar-refractivity contribution in [2.75, 3.05) is 13.1 Å². The molecular formula is C19H24N4O2. The van der Waals surface area contributed by atoms with Gasteiger partial charge in [0.2, 0.25) is 0 Å². The fourth-order valence-corrected chi connectivity index (χ4v) is 4.48. The summed E-state index contributed by atoms with van der Waals surface area (Å²) in [7, 11) is 0. The molecule has 2 saturated heterocycles. The highest BCUT2D eigenvalue weighted by Crippen LogP contribution is 2.32. The third-order valence-electron chi connectivity index (χ3n) is 5.57. The smallest absolute Gasteiger partial charge is 0.270 e. The molecule has 1 amide bonds. The van der Waals surface area contributed by atoms with Gasteiger partial charge in [-0.25, -0.2) is 4.98 Å². The van der Waals surface area contributed by atoms with Gasteiger partial charge in [0.05, 0.1) is 0 Å². The lowest BCUT2D eigenvalue weighted by Crippen LogP contribution is -2.45. The summed E-state index contributed by atoms with van der Waals surface area (Å²) in [6.07, 6.45) is 6.41. The second-order valence-electron chi connectivity index (χ2n) is 7.37. The third kappa shape index (κ3) is 2.74. The highest BCUT2D eigenvalue weighted by Gasteiger charge is 2.39. The fraction of sp³-hybridized carbons (Fsp3) is 0.526. The van der Waals surface area contributed by atoms with E-state index >= 15 is 0 Å². The van der Waals surface area contributed by atoms with Gasteiger partial charge in [-0.05, 0) is 45.2 Å². The minimum Gasteiger partial charge on any atom is -0.337 e. The lowest BCUT2D eigenvalue weighted by molar-refractivity contribution is 0.0726. The van der Waals surface area contributed by atoms with Gasteiger partial charge in [-0.2, -0.15) is 0 Å². The zero-order chi connectivity index (χ0) is 17.6. The van der Waals surface area contributed by atoms with Gasteiger partial charge >= 0.3 is 0 Å². The molecule has 0 radical (unpaired) electrons. The molecule has 4 rings (SSSR count). The van der Waals surface area contributed by atoms with E-state index in [0.717, 1.165) is 12.8 Å². The van der Waals surface area contributed by atoms with Crippen molar-refractivity contribution in [3.8, 4) is 0 Å². The Hall–Kier alpha value is -2.21. The molecule has 0 unspecified atom stereocenters. The average Bonchev–Trinajstić information content (AvgIpc) is 2.89. The second kappa shape index (κ2) is 6.26. The summed E-state index contributed by atoms with van der Waals surface area (Å²) in [4.78, 5) is 34.4. The van der Waals surface area contributed by atoms with Crippen LogP contribution in [0.2, 0.25) is 0 Å². The van der Waals surface area contributed by atoms with Crippen molar-refractivity contribution in [3.05, 3.63) is 46.5 Å². The highest BCUT2D eigenvalue weighted by atomic mass is 16.2. The topological polar surface area (TPSA) is 57.9 Å². The van der Waals surface area contributed by atoms with E-state index in [2.05, 4.69) is 23.7 Å². The van der Waals surface area contributed by atoms with Gasteiger partial charge in [0.1, 0.15) is 11.2 Å². The minimum atomic E-state index is -0.286. The zero-order valence-corrected chi connectivity index (χ0v) is 14.8. The molecule has 2 fully saturated rings. The van der Waals surface area contributed by atoms with Crippen LogP contribution in [-0.2, 0) is 0 Å². The van der Waals surface area contributed by atoms with Gasteiger partial charge < -0.3 is 4.90 Å². The Balaban J connectivity index is 1.64. The first kappa shape index (κ1) is 16.3. The van der Waals surface area contributed by atoms with Crippen molar-refractivity contribution in [2.45, 2.75) is 51.2 Å². The summed E-state index contributed by atoms with van der Waals surface area (Å²) in [5.41, 5.74) is 0.438. The van der Waals surface area contributed by atoms with E-state index in [9.17, 15) is 9.59 Å². The number of nitrogens with zero attached hydrogens (tertiary/aromatic N) is 4. The predicted molar refractivity (Wildman–Crippen MR) is 95.8 cm³/mol. The minimum absolute atomic E-state index is 0.164. The van der Waals surface area contributed by atoms with Crippen molar-refractivity contribution < 1.29 is 4.79 Å².